The van der Waals surface area contributed by atoms with E-state index < -0.39 is 0 Å². The first-order valence-corrected chi connectivity index (χ1v) is 6.69. The Morgan fingerprint density at radius 2 is 2.29 bits per heavy atom. The van der Waals surface area contributed by atoms with Crippen LogP contribution in [0.5, 0.6) is 0 Å². The molecule has 2 nitrogen and oxygen atoms in total. The smallest absolute Gasteiger partial charge is 0.0732 e. The Morgan fingerprint density at radius 1 is 1.47 bits per heavy atom. The van der Waals surface area contributed by atoms with Crippen molar-refractivity contribution in [1.29, 1.82) is 0 Å². The first-order valence-electron chi connectivity index (χ1n) is 5.93. The van der Waals surface area contributed by atoms with Gasteiger partial charge in [0.1, 0.15) is 0 Å². The molecule has 1 aliphatic rings. The Labute approximate surface area is 112 Å². The molecule has 4 heteroatoms. The zero-order valence-corrected chi connectivity index (χ0v) is 11.4. The van der Waals surface area contributed by atoms with Crippen LogP contribution >= 0.6 is 23.2 Å². The normalized spacial score (nSPS) is 21.7. The van der Waals surface area contributed by atoms with Crippen LogP contribution in [0.3, 0.4) is 0 Å². The summed E-state index contributed by atoms with van der Waals surface area (Å²) in [5.74, 6) is 0. The lowest BCUT2D eigenvalue weighted by Crippen LogP contribution is -2.39. The lowest BCUT2D eigenvalue weighted by molar-refractivity contribution is 0.0808. The van der Waals surface area contributed by atoms with E-state index in [4.69, 9.17) is 27.9 Å². The highest BCUT2D eigenvalue weighted by Gasteiger charge is 2.25. The van der Waals surface area contributed by atoms with Gasteiger partial charge in [-0.3, -0.25) is 0 Å². The van der Waals surface area contributed by atoms with Crippen molar-refractivity contribution in [2.45, 2.75) is 31.4 Å². The van der Waals surface area contributed by atoms with E-state index in [1.54, 1.807) is 6.07 Å². The highest BCUT2D eigenvalue weighted by Crippen LogP contribution is 2.25. The van der Waals surface area contributed by atoms with E-state index in [0.29, 0.717) is 17.2 Å². The molecule has 0 aromatic heterocycles. The molecule has 0 radical (unpaired) electrons. The minimum atomic E-state index is 0.298. The predicted octanol–water partition coefficient (Wildman–Crippen LogP) is 3.30. The van der Waals surface area contributed by atoms with Crippen molar-refractivity contribution in [3.8, 4) is 0 Å². The van der Waals surface area contributed by atoms with Crippen LogP contribution < -0.4 is 5.32 Å². The van der Waals surface area contributed by atoms with Crippen LogP contribution in [-0.2, 0) is 11.2 Å². The third-order valence-electron chi connectivity index (χ3n) is 3.24. The maximum atomic E-state index is 6.18. The van der Waals surface area contributed by atoms with Gasteiger partial charge >= 0.3 is 0 Å². The number of rotatable bonds is 4. The summed E-state index contributed by atoms with van der Waals surface area (Å²) < 4.78 is 5.71. The predicted molar refractivity (Wildman–Crippen MR) is 72.0 cm³/mol. The van der Waals surface area contributed by atoms with Crippen molar-refractivity contribution >= 4 is 23.2 Å². The molecular formula is C13H17Cl2NO. The summed E-state index contributed by atoms with van der Waals surface area (Å²) >= 11 is 12.1. The van der Waals surface area contributed by atoms with Gasteiger partial charge in [-0.25, -0.2) is 0 Å². The Bertz CT molecular complexity index is 378. The standard InChI is InChI=1S/C13H17Cl2NO/c1-16-12(13-3-2-6-17-13)7-9-4-5-10(14)8-11(9)15/h4-5,8,12-13,16H,2-3,6-7H2,1H3. The van der Waals surface area contributed by atoms with E-state index in [-0.39, 0.29) is 0 Å². The molecule has 1 aromatic carbocycles. The molecule has 0 saturated carbocycles. The molecule has 1 fully saturated rings. The van der Waals surface area contributed by atoms with Gasteiger partial charge < -0.3 is 10.1 Å². The fraction of sp³-hybridized carbons (Fsp3) is 0.538. The third-order valence-corrected chi connectivity index (χ3v) is 3.83. The Kier molecular flexibility index (Phi) is 4.69. The van der Waals surface area contributed by atoms with Crippen molar-refractivity contribution in [1.82, 2.24) is 5.32 Å². The van der Waals surface area contributed by atoms with E-state index >= 15 is 0 Å². The minimum Gasteiger partial charge on any atom is -0.377 e. The topological polar surface area (TPSA) is 21.3 Å². The average Bonchev–Trinajstić information content (AvgIpc) is 2.81. The van der Waals surface area contributed by atoms with Crippen LogP contribution in [0.4, 0.5) is 0 Å². The van der Waals surface area contributed by atoms with E-state index in [9.17, 15) is 0 Å². The van der Waals surface area contributed by atoms with Crippen LogP contribution in [-0.4, -0.2) is 25.8 Å². The van der Waals surface area contributed by atoms with Gasteiger partial charge in [-0.2, -0.15) is 0 Å². The molecule has 1 aromatic rings. The number of halogens is 2. The van der Waals surface area contributed by atoms with Gasteiger partial charge in [0.2, 0.25) is 0 Å². The SMILES string of the molecule is CNC(Cc1ccc(Cl)cc1Cl)C1CCCO1. The van der Waals surface area contributed by atoms with Crippen molar-refractivity contribution in [3.63, 3.8) is 0 Å². The van der Waals surface area contributed by atoms with Crippen molar-refractivity contribution in [2.75, 3.05) is 13.7 Å². The van der Waals surface area contributed by atoms with Gasteiger partial charge in [0.05, 0.1) is 6.10 Å². The fourth-order valence-corrected chi connectivity index (χ4v) is 2.75. The molecule has 1 saturated heterocycles. The highest BCUT2D eigenvalue weighted by atomic mass is 35.5. The quantitative estimate of drug-likeness (QED) is 0.909. The van der Waals surface area contributed by atoms with E-state index in [1.807, 2.05) is 19.2 Å². The average molecular weight is 274 g/mol. The van der Waals surface area contributed by atoms with Gasteiger partial charge in [-0.05, 0) is 44.0 Å². The van der Waals surface area contributed by atoms with Crippen molar-refractivity contribution in [3.05, 3.63) is 33.8 Å². The van der Waals surface area contributed by atoms with Crippen molar-refractivity contribution < 1.29 is 4.74 Å². The summed E-state index contributed by atoms with van der Waals surface area (Å²) in [6.45, 7) is 0.872. The summed E-state index contributed by atoms with van der Waals surface area (Å²) in [5.41, 5.74) is 1.12. The second-order valence-electron chi connectivity index (χ2n) is 4.39. The summed E-state index contributed by atoms with van der Waals surface area (Å²) in [7, 11) is 1.97. The number of hydrogen-bond donors (Lipinski definition) is 1. The molecule has 2 unspecified atom stereocenters. The maximum absolute atomic E-state index is 6.18. The summed E-state index contributed by atoms with van der Waals surface area (Å²) in [4.78, 5) is 0. The minimum absolute atomic E-state index is 0.298. The van der Waals surface area contributed by atoms with Gasteiger partial charge in [-0.15, -0.1) is 0 Å². The molecule has 1 heterocycles. The van der Waals surface area contributed by atoms with Crippen LogP contribution in [0.25, 0.3) is 0 Å². The second kappa shape index (κ2) is 6.05. The molecule has 2 rings (SSSR count). The first-order chi connectivity index (χ1) is 8.20. The lowest BCUT2D eigenvalue weighted by atomic mass is 9.99. The summed E-state index contributed by atoms with van der Waals surface area (Å²) in [6, 6.07) is 5.98. The Balaban J connectivity index is 2.06. The molecular weight excluding hydrogens is 257 g/mol. The van der Waals surface area contributed by atoms with E-state index in [0.717, 1.165) is 36.5 Å². The van der Waals surface area contributed by atoms with Gasteiger partial charge in [0.25, 0.3) is 0 Å². The molecule has 17 heavy (non-hydrogen) atoms. The number of hydrogen-bond acceptors (Lipinski definition) is 2. The lowest BCUT2D eigenvalue weighted by Gasteiger charge is -2.23. The van der Waals surface area contributed by atoms with Gasteiger partial charge in [0.15, 0.2) is 0 Å². The zero-order chi connectivity index (χ0) is 12.3. The monoisotopic (exact) mass is 273 g/mol. The number of benzene rings is 1. The fourth-order valence-electron chi connectivity index (χ4n) is 2.26. The molecule has 0 bridgehead atoms. The summed E-state index contributed by atoms with van der Waals surface area (Å²) in [5, 5.41) is 4.73. The Morgan fingerprint density at radius 3 is 2.88 bits per heavy atom. The first kappa shape index (κ1) is 13.2. The zero-order valence-electron chi connectivity index (χ0n) is 9.88. The number of likely N-dealkylation sites (N-methyl/N-ethyl adjacent to an activating group) is 1. The van der Waals surface area contributed by atoms with E-state index in [2.05, 4.69) is 5.32 Å². The molecule has 2 atom stereocenters. The molecule has 0 amide bonds. The van der Waals surface area contributed by atoms with E-state index in [1.165, 1.54) is 0 Å². The van der Waals surface area contributed by atoms with Gasteiger partial charge in [0, 0.05) is 22.7 Å². The molecule has 1 N–H and O–H groups in total. The maximum Gasteiger partial charge on any atom is 0.0732 e. The van der Waals surface area contributed by atoms with Crippen LogP contribution in [0, 0.1) is 0 Å². The number of ether oxygens (including phenoxy) is 1. The number of nitrogens with one attached hydrogen (secondary N) is 1. The molecule has 94 valence electrons. The largest absolute Gasteiger partial charge is 0.377 e. The van der Waals surface area contributed by atoms with Crippen LogP contribution in [0.1, 0.15) is 18.4 Å². The highest BCUT2D eigenvalue weighted by molar-refractivity contribution is 6.35. The van der Waals surface area contributed by atoms with Crippen LogP contribution in [0.15, 0.2) is 18.2 Å². The molecule has 1 aliphatic heterocycles. The molecule has 0 spiro atoms. The second-order valence-corrected chi connectivity index (χ2v) is 5.23. The summed E-state index contributed by atoms with van der Waals surface area (Å²) in [6.07, 6.45) is 3.44. The Hall–Kier alpha value is -0.280. The van der Waals surface area contributed by atoms with Gasteiger partial charge in [-0.1, -0.05) is 29.3 Å². The van der Waals surface area contributed by atoms with Crippen LogP contribution in [0.2, 0.25) is 10.0 Å². The third kappa shape index (κ3) is 3.35. The van der Waals surface area contributed by atoms with Crippen molar-refractivity contribution in [2.24, 2.45) is 0 Å². The molecule has 0 aliphatic carbocycles.